The molecule has 0 spiro atoms. The van der Waals surface area contributed by atoms with Gasteiger partial charge in [0.25, 0.3) is 0 Å². The van der Waals surface area contributed by atoms with Crippen molar-refractivity contribution in [2.75, 3.05) is 57.3 Å². The molecule has 30 heavy (non-hydrogen) atoms. The molecule has 1 aromatic rings. The summed E-state index contributed by atoms with van der Waals surface area (Å²) in [5.41, 5.74) is 0.685. The van der Waals surface area contributed by atoms with E-state index in [1.54, 1.807) is 0 Å². The molecule has 0 saturated carbocycles. The molecule has 3 heterocycles. The van der Waals surface area contributed by atoms with Crippen LogP contribution < -0.4 is 4.90 Å². The predicted octanol–water partition coefficient (Wildman–Crippen LogP) is 1.55. The lowest BCUT2D eigenvalue weighted by Crippen LogP contribution is -2.51. The highest BCUT2D eigenvalue weighted by atomic mass is 16.6. The smallest absolute Gasteiger partial charge is 0.332 e. The molecule has 0 aliphatic carbocycles. The number of nitrogens with zero attached hydrogens (tertiary/aromatic N) is 4. The molecule has 0 atom stereocenters. The second kappa shape index (κ2) is 10.2. The van der Waals surface area contributed by atoms with Crippen LogP contribution in [0.2, 0.25) is 0 Å². The quantitative estimate of drug-likeness (QED) is 0.649. The van der Waals surface area contributed by atoms with E-state index in [0.29, 0.717) is 19.6 Å². The number of aromatic nitrogens is 1. The van der Waals surface area contributed by atoms with Gasteiger partial charge in [-0.3, -0.25) is 14.7 Å². The topological polar surface area (TPSA) is 75.2 Å². The highest BCUT2D eigenvalue weighted by molar-refractivity contribution is 5.78. The molecule has 0 unspecified atom stereocenters. The minimum absolute atomic E-state index is 0.00507. The highest BCUT2D eigenvalue weighted by Crippen LogP contribution is 2.17. The van der Waals surface area contributed by atoms with Crippen LogP contribution in [0.5, 0.6) is 0 Å². The Bertz CT molecular complexity index is 691. The van der Waals surface area contributed by atoms with Gasteiger partial charge in [-0.2, -0.15) is 0 Å². The third kappa shape index (κ3) is 6.95. The van der Waals surface area contributed by atoms with Gasteiger partial charge < -0.3 is 19.3 Å². The van der Waals surface area contributed by atoms with E-state index in [1.807, 2.05) is 50.2 Å². The van der Waals surface area contributed by atoms with Crippen LogP contribution in [0.15, 0.2) is 24.5 Å². The lowest BCUT2D eigenvalue weighted by atomic mass is 10.1. The van der Waals surface area contributed by atoms with Gasteiger partial charge in [-0.25, -0.2) is 4.79 Å². The summed E-state index contributed by atoms with van der Waals surface area (Å²) < 4.78 is 11.0. The van der Waals surface area contributed by atoms with Crippen molar-refractivity contribution < 1.29 is 19.1 Å². The van der Waals surface area contributed by atoms with Crippen molar-refractivity contribution in [2.45, 2.75) is 45.3 Å². The van der Waals surface area contributed by atoms with E-state index in [4.69, 9.17) is 9.47 Å². The first-order chi connectivity index (χ1) is 14.3. The fraction of sp³-hybridized carbons (Fsp3) is 0.682. The number of hydrogen-bond donors (Lipinski definition) is 0. The zero-order valence-electron chi connectivity index (χ0n) is 18.4. The molecule has 8 heteroatoms. The summed E-state index contributed by atoms with van der Waals surface area (Å²) in [6.07, 6.45) is 5.14. The molecule has 0 N–H and O–H groups in total. The minimum atomic E-state index is -0.500. The van der Waals surface area contributed by atoms with Gasteiger partial charge in [0.15, 0.2) is 0 Å². The Labute approximate surface area is 179 Å². The summed E-state index contributed by atoms with van der Waals surface area (Å²) in [5, 5.41) is 0. The van der Waals surface area contributed by atoms with Gasteiger partial charge >= 0.3 is 5.97 Å². The van der Waals surface area contributed by atoms with E-state index in [1.165, 1.54) is 5.69 Å². The summed E-state index contributed by atoms with van der Waals surface area (Å²) in [6, 6.07) is 4.05. The van der Waals surface area contributed by atoms with Gasteiger partial charge in [-0.15, -0.1) is 0 Å². The SMILES string of the molecule is CC(C)(C)OC(=O)COC1CCN(C(=O)CN2CCN(c3ccncc3)CC2)CC1. The molecule has 2 fully saturated rings. The summed E-state index contributed by atoms with van der Waals surface area (Å²) >= 11 is 0. The third-order valence-electron chi connectivity index (χ3n) is 5.41. The number of rotatable bonds is 6. The summed E-state index contributed by atoms with van der Waals surface area (Å²) in [4.78, 5) is 35.0. The van der Waals surface area contributed by atoms with Gasteiger partial charge in [0.1, 0.15) is 12.2 Å². The van der Waals surface area contributed by atoms with Crippen molar-refractivity contribution in [3.05, 3.63) is 24.5 Å². The number of anilines is 1. The minimum Gasteiger partial charge on any atom is -0.458 e. The molecular weight excluding hydrogens is 384 g/mol. The van der Waals surface area contributed by atoms with E-state index in [2.05, 4.69) is 14.8 Å². The number of likely N-dealkylation sites (tertiary alicyclic amines) is 1. The van der Waals surface area contributed by atoms with Gasteiger partial charge in [0.2, 0.25) is 5.91 Å². The van der Waals surface area contributed by atoms with Crippen LogP contribution in [0.1, 0.15) is 33.6 Å². The average molecular weight is 419 g/mol. The summed E-state index contributed by atoms with van der Waals surface area (Å²) in [5.74, 6) is -0.162. The van der Waals surface area contributed by atoms with Crippen molar-refractivity contribution in [3.63, 3.8) is 0 Å². The Morgan fingerprint density at radius 2 is 1.67 bits per heavy atom. The maximum atomic E-state index is 12.7. The van der Waals surface area contributed by atoms with Crippen molar-refractivity contribution >= 4 is 17.6 Å². The summed E-state index contributed by atoms with van der Waals surface area (Å²) in [7, 11) is 0. The van der Waals surface area contributed by atoms with Crippen molar-refractivity contribution in [1.82, 2.24) is 14.8 Å². The van der Waals surface area contributed by atoms with Crippen LogP contribution >= 0.6 is 0 Å². The van der Waals surface area contributed by atoms with Gasteiger partial charge in [0.05, 0.1) is 12.6 Å². The fourth-order valence-corrected chi connectivity index (χ4v) is 3.84. The second-order valence-corrected chi connectivity index (χ2v) is 8.95. The molecule has 2 aliphatic heterocycles. The number of carbonyl (C=O) groups excluding carboxylic acids is 2. The zero-order chi connectivity index (χ0) is 21.6. The average Bonchev–Trinajstić information content (AvgIpc) is 2.72. The van der Waals surface area contributed by atoms with Crippen LogP contribution in [0, 0.1) is 0 Å². The molecule has 0 radical (unpaired) electrons. The molecule has 1 aromatic heterocycles. The van der Waals surface area contributed by atoms with Gasteiger partial charge in [-0.1, -0.05) is 0 Å². The molecule has 0 bridgehead atoms. The van der Waals surface area contributed by atoms with Crippen LogP contribution in [-0.4, -0.2) is 90.8 Å². The Kier molecular flexibility index (Phi) is 7.66. The van der Waals surface area contributed by atoms with E-state index >= 15 is 0 Å². The lowest BCUT2D eigenvalue weighted by molar-refractivity contribution is -0.163. The van der Waals surface area contributed by atoms with Crippen LogP contribution in [0.4, 0.5) is 5.69 Å². The molecule has 2 saturated heterocycles. The standard InChI is InChI=1S/C22H34N4O4/c1-22(2,3)30-21(28)17-29-19-6-10-26(11-7-19)20(27)16-24-12-14-25(15-13-24)18-4-8-23-9-5-18/h4-5,8-9,19H,6-7,10-17H2,1-3H3. The molecular formula is C22H34N4O4. The van der Waals surface area contributed by atoms with Crippen LogP contribution in [0.25, 0.3) is 0 Å². The van der Waals surface area contributed by atoms with E-state index in [9.17, 15) is 9.59 Å². The molecule has 8 nitrogen and oxygen atoms in total. The highest BCUT2D eigenvalue weighted by Gasteiger charge is 2.27. The number of piperidine rings is 1. The maximum Gasteiger partial charge on any atom is 0.332 e. The predicted molar refractivity (Wildman–Crippen MR) is 114 cm³/mol. The second-order valence-electron chi connectivity index (χ2n) is 8.95. The lowest BCUT2D eigenvalue weighted by Gasteiger charge is -2.37. The van der Waals surface area contributed by atoms with E-state index < -0.39 is 5.60 Å². The Balaban J connectivity index is 1.33. The number of esters is 1. The fourth-order valence-electron chi connectivity index (χ4n) is 3.84. The number of hydrogen-bond acceptors (Lipinski definition) is 7. The molecule has 166 valence electrons. The van der Waals surface area contributed by atoms with Crippen molar-refractivity contribution in [3.8, 4) is 0 Å². The number of pyridine rings is 1. The normalized spacial score (nSPS) is 19.0. The van der Waals surface area contributed by atoms with Crippen molar-refractivity contribution in [2.24, 2.45) is 0 Å². The summed E-state index contributed by atoms with van der Waals surface area (Å²) in [6.45, 7) is 10.9. The van der Waals surface area contributed by atoms with E-state index in [0.717, 1.165) is 39.0 Å². The van der Waals surface area contributed by atoms with Gasteiger partial charge in [0, 0.05) is 57.3 Å². The molecule has 3 rings (SSSR count). The maximum absolute atomic E-state index is 12.7. The van der Waals surface area contributed by atoms with Gasteiger partial charge in [-0.05, 0) is 45.7 Å². The number of amides is 1. The van der Waals surface area contributed by atoms with Crippen LogP contribution in [-0.2, 0) is 19.1 Å². The molecule has 2 aliphatic rings. The first kappa shape index (κ1) is 22.5. The Morgan fingerprint density at radius 3 is 2.27 bits per heavy atom. The number of carbonyl (C=O) groups is 2. The number of ether oxygens (including phenoxy) is 2. The van der Waals surface area contributed by atoms with Crippen molar-refractivity contribution in [1.29, 1.82) is 0 Å². The van der Waals surface area contributed by atoms with E-state index in [-0.39, 0.29) is 24.6 Å². The number of piperazine rings is 1. The first-order valence-corrected chi connectivity index (χ1v) is 10.8. The molecule has 0 aromatic carbocycles. The Hall–Kier alpha value is -2.19. The largest absolute Gasteiger partial charge is 0.458 e. The monoisotopic (exact) mass is 418 g/mol. The molecule has 1 amide bonds. The zero-order valence-corrected chi connectivity index (χ0v) is 18.4. The Morgan fingerprint density at radius 1 is 1.03 bits per heavy atom. The first-order valence-electron chi connectivity index (χ1n) is 10.8. The van der Waals surface area contributed by atoms with Crippen LogP contribution in [0.3, 0.4) is 0 Å². The third-order valence-corrected chi connectivity index (χ3v) is 5.41.